The summed E-state index contributed by atoms with van der Waals surface area (Å²) in [6.45, 7) is 4.56. The molecule has 3 N–H and O–H groups in total. The second-order valence-electron chi connectivity index (χ2n) is 7.53. The van der Waals surface area contributed by atoms with Gasteiger partial charge in [-0.05, 0) is 37.6 Å². The Bertz CT molecular complexity index is 1340. The SMILES string of the molecule is Cc1nc2c(C(N)=O)c(C)nn2c(N2CC(O)C2)c1-c1ccnc2cc(Cl)ccc12. The standard InChI is InChI=1S/C21H19ClN6O2/c1-10-17(15-5-6-24-16-7-12(22)3-4-14(15)16)21(27-8-13(29)9-27)28-20(25-10)18(19(23)30)11(2)26-28/h3-7,13,29H,8-9H2,1-2H3,(H2,23,30). The Balaban J connectivity index is 1.88. The third-order valence-corrected chi connectivity index (χ3v) is 5.71. The molecule has 30 heavy (non-hydrogen) atoms. The van der Waals surface area contributed by atoms with Crippen molar-refractivity contribution < 1.29 is 9.90 Å². The summed E-state index contributed by atoms with van der Waals surface area (Å²) < 4.78 is 1.66. The van der Waals surface area contributed by atoms with Gasteiger partial charge in [-0.2, -0.15) is 9.61 Å². The maximum atomic E-state index is 12.0. The number of aromatic nitrogens is 4. The minimum absolute atomic E-state index is 0.304. The third-order valence-electron chi connectivity index (χ3n) is 5.48. The summed E-state index contributed by atoms with van der Waals surface area (Å²) >= 11 is 6.16. The molecule has 1 aliphatic rings. The lowest BCUT2D eigenvalue weighted by Gasteiger charge is -2.39. The van der Waals surface area contributed by atoms with E-state index in [0.29, 0.717) is 35.0 Å². The molecule has 1 aliphatic heterocycles. The molecule has 1 aromatic carbocycles. The number of nitrogens with zero attached hydrogens (tertiary/aromatic N) is 5. The number of hydrogen-bond donors (Lipinski definition) is 2. The highest BCUT2D eigenvalue weighted by Gasteiger charge is 2.32. The first-order chi connectivity index (χ1) is 14.3. The number of nitrogens with two attached hydrogens (primary N) is 1. The fraction of sp³-hybridized carbons (Fsp3) is 0.238. The number of primary amides is 1. The smallest absolute Gasteiger partial charge is 0.254 e. The molecular formula is C21H19ClN6O2. The highest BCUT2D eigenvalue weighted by atomic mass is 35.5. The molecule has 0 spiro atoms. The van der Waals surface area contributed by atoms with E-state index < -0.39 is 12.0 Å². The van der Waals surface area contributed by atoms with Crippen molar-refractivity contribution >= 4 is 39.9 Å². The van der Waals surface area contributed by atoms with Crippen LogP contribution in [0.15, 0.2) is 30.5 Å². The molecule has 1 fully saturated rings. The van der Waals surface area contributed by atoms with Gasteiger partial charge in [-0.3, -0.25) is 9.78 Å². The zero-order valence-electron chi connectivity index (χ0n) is 16.4. The molecule has 0 bridgehead atoms. The van der Waals surface area contributed by atoms with Crippen LogP contribution >= 0.6 is 11.6 Å². The van der Waals surface area contributed by atoms with Gasteiger partial charge >= 0.3 is 0 Å². The topological polar surface area (TPSA) is 110 Å². The molecule has 1 amide bonds. The van der Waals surface area contributed by atoms with Crippen LogP contribution in [-0.2, 0) is 0 Å². The van der Waals surface area contributed by atoms with Crippen LogP contribution in [0.5, 0.6) is 0 Å². The number of hydrogen-bond acceptors (Lipinski definition) is 6. The highest BCUT2D eigenvalue weighted by Crippen LogP contribution is 2.39. The van der Waals surface area contributed by atoms with Crippen molar-refractivity contribution in [2.75, 3.05) is 18.0 Å². The van der Waals surface area contributed by atoms with Crippen LogP contribution in [0.25, 0.3) is 27.7 Å². The summed E-state index contributed by atoms with van der Waals surface area (Å²) in [7, 11) is 0. The van der Waals surface area contributed by atoms with Crippen LogP contribution in [0.4, 0.5) is 5.82 Å². The van der Waals surface area contributed by atoms with Gasteiger partial charge in [0.15, 0.2) is 5.65 Å². The second-order valence-corrected chi connectivity index (χ2v) is 7.97. The average molecular weight is 423 g/mol. The number of benzene rings is 1. The molecule has 4 heterocycles. The van der Waals surface area contributed by atoms with Gasteiger partial charge in [-0.15, -0.1) is 0 Å². The number of aryl methyl sites for hydroxylation is 2. The largest absolute Gasteiger partial charge is 0.389 e. The van der Waals surface area contributed by atoms with Gasteiger partial charge in [0.1, 0.15) is 11.4 Å². The molecule has 1 saturated heterocycles. The summed E-state index contributed by atoms with van der Waals surface area (Å²) in [4.78, 5) is 23.2. The summed E-state index contributed by atoms with van der Waals surface area (Å²) in [6.07, 6.45) is 1.32. The Morgan fingerprint density at radius 2 is 2.00 bits per heavy atom. The molecule has 9 heteroatoms. The molecular weight excluding hydrogens is 404 g/mol. The molecule has 0 aliphatic carbocycles. The van der Waals surface area contributed by atoms with Crippen molar-refractivity contribution in [1.29, 1.82) is 0 Å². The number of halogens is 1. The van der Waals surface area contributed by atoms with Gasteiger partial charge in [0.25, 0.3) is 5.91 Å². The number of rotatable bonds is 3. The van der Waals surface area contributed by atoms with Crippen LogP contribution in [-0.4, -0.2) is 49.8 Å². The number of fused-ring (bicyclic) bond motifs is 2. The molecule has 5 rings (SSSR count). The van der Waals surface area contributed by atoms with Crippen LogP contribution in [0, 0.1) is 13.8 Å². The highest BCUT2D eigenvalue weighted by molar-refractivity contribution is 6.31. The summed E-state index contributed by atoms with van der Waals surface area (Å²) in [6, 6.07) is 7.50. The van der Waals surface area contributed by atoms with E-state index in [1.54, 1.807) is 17.6 Å². The first-order valence-corrected chi connectivity index (χ1v) is 9.90. The minimum atomic E-state index is -0.569. The van der Waals surface area contributed by atoms with Crippen molar-refractivity contribution in [3.05, 3.63) is 52.4 Å². The lowest BCUT2D eigenvalue weighted by atomic mass is 9.98. The van der Waals surface area contributed by atoms with Crippen LogP contribution in [0.1, 0.15) is 21.7 Å². The van der Waals surface area contributed by atoms with Crippen molar-refractivity contribution in [2.45, 2.75) is 20.0 Å². The van der Waals surface area contributed by atoms with E-state index >= 15 is 0 Å². The summed E-state index contributed by atoms with van der Waals surface area (Å²) in [5.41, 5.74) is 10.1. The normalized spacial score (nSPS) is 14.5. The van der Waals surface area contributed by atoms with Gasteiger partial charge in [0.2, 0.25) is 0 Å². The van der Waals surface area contributed by atoms with Crippen LogP contribution < -0.4 is 10.6 Å². The lowest BCUT2D eigenvalue weighted by molar-refractivity contribution is 0.100. The van der Waals surface area contributed by atoms with E-state index in [2.05, 4.69) is 10.1 Å². The van der Waals surface area contributed by atoms with E-state index in [1.165, 1.54) is 0 Å². The summed E-state index contributed by atoms with van der Waals surface area (Å²) in [5.74, 6) is 0.196. The Morgan fingerprint density at radius 3 is 2.70 bits per heavy atom. The maximum Gasteiger partial charge on any atom is 0.254 e. The fourth-order valence-corrected chi connectivity index (χ4v) is 4.28. The number of pyridine rings is 1. The molecule has 3 aromatic heterocycles. The first-order valence-electron chi connectivity index (χ1n) is 9.52. The van der Waals surface area contributed by atoms with Gasteiger partial charge in [0, 0.05) is 35.3 Å². The Morgan fingerprint density at radius 1 is 1.23 bits per heavy atom. The van der Waals surface area contributed by atoms with Crippen molar-refractivity contribution in [2.24, 2.45) is 5.73 Å². The number of carbonyl (C=O) groups is 1. The fourth-order valence-electron chi connectivity index (χ4n) is 4.11. The number of aliphatic hydroxyl groups is 1. The minimum Gasteiger partial charge on any atom is -0.389 e. The quantitative estimate of drug-likeness (QED) is 0.525. The molecule has 0 unspecified atom stereocenters. The van der Waals surface area contributed by atoms with Gasteiger partial charge in [-0.1, -0.05) is 17.7 Å². The van der Waals surface area contributed by atoms with E-state index in [0.717, 1.165) is 33.5 Å². The van der Waals surface area contributed by atoms with E-state index in [-0.39, 0.29) is 0 Å². The van der Waals surface area contributed by atoms with Crippen molar-refractivity contribution in [3.63, 3.8) is 0 Å². The van der Waals surface area contributed by atoms with Gasteiger partial charge in [0.05, 0.1) is 23.0 Å². The van der Waals surface area contributed by atoms with Crippen LogP contribution in [0.3, 0.4) is 0 Å². The average Bonchev–Trinajstić information content (AvgIpc) is 2.99. The molecule has 8 nitrogen and oxygen atoms in total. The zero-order chi connectivity index (χ0) is 21.2. The van der Waals surface area contributed by atoms with Gasteiger partial charge < -0.3 is 15.7 Å². The Kier molecular flexibility index (Phi) is 4.16. The Labute approximate surface area is 176 Å². The maximum absolute atomic E-state index is 12.0. The molecule has 0 saturated carbocycles. The van der Waals surface area contributed by atoms with Gasteiger partial charge in [-0.25, -0.2) is 4.98 Å². The summed E-state index contributed by atoms with van der Waals surface area (Å²) in [5, 5.41) is 16.1. The van der Waals surface area contributed by atoms with E-state index in [4.69, 9.17) is 22.3 Å². The predicted octanol–water partition coefficient (Wildman–Crippen LogP) is 2.49. The van der Waals surface area contributed by atoms with E-state index in [9.17, 15) is 9.90 Å². The number of anilines is 1. The first kappa shape index (κ1) is 18.8. The Hall–Kier alpha value is -3.23. The number of aliphatic hydroxyl groups excluding tert-OH is 1. The predicted molar refractivity (Wildman–Crippen MR) is 115 cm³/mol. The van der Waals surface area contributed by atoms with E-state index in [1.807, 2.05) is 36.1 Å². The zero-order valence-corrected chi connectivity index (χ0v) is 17.2. The number of carbonyl (C=O) groups excluding carboxylic acids is 1. The van der Waals surface area contributed by atoms with Crippen molar-refractivity contribution in [1.82, 2.24) is 19.6 Å². The number of β-amino-alcohol motifs (C(OH)–C–C–N with tert-alkyl or cyclic N) is 1. The monoisotopic (exact) mass is 422 g/mol. The molecule has 152 valence electrons. The lowest BCUT2D eigenvalue weighted by Crippen LogP contribution is -2.51. The second kappa shape index (κ2) is 6.65. The number of amides is 1. The molecule has 0 radical (unpaired) electrons. The molecule has 0 atom stereocenters. The van der Waals surface area contributed by atoms with Crippen LogP contribution in [0.2, 0.25) is 5.02 Å². The third kappa shape index (κ3) is 2.72. The van der Waals surface area contributed by atoms with Crippen molar-refractivity contribution in [3.8, 4) is 11.1 Å². The molecule has 4 aromatic rings.